The third-order valence-electron chi connectivity index (χ3n) is 7.64. The van der Waals surface area contributed by atoms with Gasteiger partial charge in [0.15, 0.2) is 0 Å². The van der Waals surface area contributed by atoms with Crippen LogP contribution in [0.5, 0.6) is 0 Å². The number of aliphatic carboxylic acids is 1. The minimum absolute atomic E-state index is 0.0254. The Morgan fingerprint density at radius 3 is 2.24 bits per heavy atom. The third-order valence-corrected chi connectivity index (χ3v) is 7.64. The van der Waals surface area contributed by atoms with Crippen molar-refractivity contribution in [2.45, 2.75) is 32.2 Å². The molecule has 2 fully saturated rings. The second-order valence-corrected chi connectivity index (χ2v) is 9.96. The van der Waals surface area contributed by atoms with Gasteiger partial charge in [-0.05, 0) is 46.4 Å². The number of amides is 2. The molecule has 2 aromatic carbocycles. The van der Waals surface area contributed by atoms with Gasteiger partial charge in [-0.3, -0.25) is 9.59 Å². The summed E-state index contributed by atoms with van der Waals surface area (Å²) >= 11 is 0. The van der Waals surface area contributed by atoms with E-state index in [9.17, 15) is 19.5 Å². The van der Waals surface area contributed by atoms with Gasteiger partial charge >= 0.3 is 12.1 Å². The van der Waals surface area contributed by atoms with Crippen molar-refractivity contribution in [1.82, 2.24) is 10.2 Å². The number of nitrogens with zero attached hydrogens (tertiary/aromatic N) is 1. The van der Waals surface area contributed by atoms with E-state index < -0.39 is 18.1 Å². The third kappa shape index (κ3) is 3.93. The first-order valence-electron chi connectivity index (χ1n) is 12.0. The number of alkyl carbamates (subject to hydrolysis) is 1. The summed E-state index contributed by atoms with van der Waals surface area (Å²) in [7, 11) is 0. The highest BCUT2D eigenvalue weighted by Gasteiger charge is 2.57. The van der Waals surface area contributed by atoms with Gasteiger partial charge in [0.25, 0.3) is 0 Å². The number of rotatable bonds is 6. The second-order valence-electron chi connectivity index (χ2n) is 9.96. The van der Waals surface area contributed by atoms with Gasteiger partial charge in [0.05, 0.1) is 5.92 Å². The van der Waals surface area contributed by atoms with Crippen molar-refractivity contribution in [1.29, 1.82) is 0 Å². The summed E-state index contributed by atoms with van der Waals surface area (Å²) in [5, 5.41) is 12.1. The summed E-state index contributed by atoms with van der Waals surface area (Å²) in [6, 6.07) is 15.6. The minimum Gasteiger partial charge on any atom is -0.481 e. The maximum absolute atomic E-state index is 13.2. The van der Waals surface area contributed by atoms with E-state index in [0.717, 1.165) is 22.3 Å². The highest BCUT2D eigenvalue weighted by Crippen LogP contribution is 2.51. The number of fused-ring (bicyclic) bond motifs is 4. The molecule has 7 nitrogen and oxygen atoms in total. The van der Waals surface area contributed by atoms with Crippen molar-refractivity contribution < 1.29 is 24.2 Å². The number of ether oxygens (including phenoxy) is 1. The van der Waals surface area contributed by atoms with Gasteiger partial charge in [-0.1, -0.05) is 62.4 Å². The molecule has 178 valence electrons. The Hall–Kier alpha value is -3.35. The summed E-state index contributed by atoms with van der Waals surface area (Å²) in [5.41, 5.74) is 4.58. The molecule has 5 rings (SSSR count). The molecule has 0 spiro atoms. The molecular formula is C27H30N2O5. The van der Waals surface area contributed by atoms with Gasteiger partial charge in [0.1, 0.15) is 12.6 Å². The summed E-state index contributed by atoms with van der Waals surface area (Å²) in [6.45, 7) is 4.93. The zero-order chi connectivity index (χ0) is 24.0. The smallest absolute Gasteiger partial charge is 0.407 e. The number of hydrogen-bond donors (Lipinski definition) is 2. The Balaban J connectivity index is 1.22. The molecule has 0 bridgehead atoms. The van der Waals surface area contributed by atoms with Crippen LogP contribution in [0.1, 0.15) is 37.3 Å². The van der Waals surface area contributed by atoms with Crippen LogP contribution in [0.15, 0.2) is 48.5 Å². The quantitative estimate of drug-likeness (QED) is 0.682. The predicted molar refractivity (Wildman–Crippen MR) is 126 cm³/mol. The highest BCUT2D eigenvalue weighted by molar-refractivity contribution is 5.86. The molecule has 7 heteroatoms. The molecule has 0 radical (unpaired) electrons. The summed E-state index contributed by atoms with van der Waals surface area (Å²) in [6.07, 6.45) is 0.0852. The van der Waals surface area contributed by atoms with E-state index in [0.29, 0.717) is 19.5 Å². The summed E-state index contributed by atoms with van der Waals surface area (Å²) < 4.78 is 5.64. The molecule has 0 aromatic heterocycles. The lowest BCUT2D eigenvalue weighted by atomic mass is 9.98. The largest absolute Gasteiger partial charge is 0.481 e. The monoisotopic (exact) mass is 462 g/mol. The van der Waals surface area contributed by atoms with Gasteiger partial charge in [-0.15, -0.1) is 0 Å². The van der Waals surface area contributed by atoms with Crippen LogP contribution in [0.4, 0.5) is 4.79 Å². The first-order chi connectivity index (χ1) is 16.4. The number of carboxylic acid groups (broad SMARTS) is 1. The summed E-state index contributed by atoms with van der Waals surface area (Å²) in [5.74, 6) is -1.26. The molecule has 2 N–H and O–H groups in total. The Morgan fingerprint density at radius 1 is 1.03 bits per heavy atom. The predicted octanol–water partition coefficient (Wildman–Crippen LogP) is 3.73. The van der Waals surface area contributed by atoms with Crippen LogP contribution >= 0.6 is 0 Å². The van der Waals surface area contributed by atoms with E-state index in [2.05, 4.69) is 29.6 Å². The number of likely N-dealkylation sites (tertiary alicyclic amines) is 1. The molecule has 1 saturated carbocycles. The van der Waals surface area contributed by atoms with Crippen molar-refractivity contribution in [2.75, 3.05) is 19.7 Å². The maximum atomic E-state index is 13.2. The molecule has 4 atom stereocenters. The van der Waals surface area contributed by atoms with Gasteiger partial charge in [0, 0.05) is 19.0 Å². The van der Waals surface area contributed by atoms with Crippen LogP contribution in [0.3, 0.4) is 0 Å². The van der Waals surface area contributed by atoms with Gasteiger partial charge in [-0.2, -0.15) is 0 Å². The fraction of sp³-hybridized carbons (Fsp3) is 0.444. The Morgan fingerprint density at radius 2 is 1.65 bits per heavy atom. The molecule has 1 saturated heterocycles. The number of carbonyl (C=O) groups excluding carboxylic acids is 2. The standard InChI is InChI=1S/C27H30N2O5/c1-15(2)24(25(30)29-12-11-20-21(13-29)23(20)26(31)32)28-27(33)34-14-22-18-9-5-3-7-16(18)17-8-4-6-10-19(17)22/h3-10,15,20-24H,11-14H2,1-2H3,(H,28,33)(H,31,32)/t20?,21?,23?,24-/m1/s1. The van der Waals surface area contributed by atoms with Crippen molar-refractivity contribution in [3.8, 4) is 11.1 Å². The van der Waals surface area contributed by atoms with E-state index in [1.165, 1.54) is 0 Å². The van der Waals surface area contributed by atoms with Crippen molar-refractivity contribution in [2.24, 2.45) is 23.7 Å². The van der Waals surface area contributed by atoms with Crippen LogP contribution in [-0.2, 0) is 14.3 Å². The molecule has 2 aromatic rings. The number of piperidine rings is 1. The van der Waals surface area contributed by atoms with E-state index in [4.69, 9.17) is 4.74 Å². The molecule has 34 heavy (non-hydrogen) atoms. The first-order valence-corrected chi connectivity index (χ1v) is 12.0. The van der Waals surface area contributed by atoms with Crippen LogP contribution in [0.2, 0.25) is 0 Å². The van der Waals surface area contributed by atoms with E-state index in [-0.39, 0.29) is 42.1 Å². The van der Waals surface area contributed by atoms with Crippen LogP contribution in [-0.4, -0.2) is 53.7 Å². The van der Waals surface area contributed by atoms with Gasteiger partial charge < -0.3 is 20.1 Å². The average molecular weight is 463 g/mol. The first kappa shape index (κ1) is 22.4. The number of benzene rings is 2. The lowest BCUT2D eigenvalue weighted by Crippen LogP contribution is -2.52. The lowest BCUT2D eigenvalue weighted by molar-refractivity contribution is -0.139. The average Bonchev–Trinajstić information content (AvgIpc) is 3.48. The fourth-order valence-electron chi connectivity index (χ4n) is 5.78. The topological polar surface area (TPSA) is 95.9 Å². The second kappa shape index (κ2) is 8.78. The van der Waals surface area contributed by atoms with Crippen molar-refractivity contribution in [3.05, 3.63) is 59.7 Å². The molecule has 3 aliphatic rings. The maximum Gasteiger partial charge on any atom is 0.407 e. The number of carboxylic acids is 1. The van der Waals surface area contributed by atoms with Crippen LogP contribution < -0.4 is 5.32 Å². The van der Waals surface area contributed by atoms with E-state index in [1.807, 2.05) is 38.1 Å². The SMILES string of the molecule is CC(C)[C@@H](NC(=O)OCC1c2ccccc2-c2ccccc21)C(=O)N1CCC2C(C1)C2C(=O)O. The number of nitrogens with one attached hydrogen (secondary N) is 1. The zero-order valence-electron chi connectivity index (χ0n) is 19.4. The zero-order valence-corrected chi connectivity index (χ0v) is 19.4. The van der Waals surface area contributed by atoms with Gasteiger partial charge in [0.2, 0.25) is 5.91 Å². The summed E-state index contributed by atoms with van der Waals surface area (Å²) in [4.78, 5) is 39.0. The molecular weight excluding hydrogens is 432 g/mol. The van der Waals surface area contributed by atoms with Crippen molar-refractivity contribution >= 4 is 18.0 Å². The van der Waals surface area contributed by atoms with Gasteiger partial charge in [-0.25, -0.2) is 4.79 Å². The molecule has 2 amide bonds. The molecule has 3 unspecified atom stereocenters. The van der Waals surface area contributed by atoms with E-state index in [1.54, 1.807) is 4.90 Å². The number of hydrogen-bond acceptors (Lipinski definition) is 4. The molecule has 1 heterocycles. The number of carbonyl (C=O) groups is 3. The fourth-order valence-corrected chi connectivity index (χ4v) is 5.78. The highest BCUT2D eigenvalue weighted by atomic mass is 16.5. The lowest BCUT2D eigenvalue weighted by Gasteiger charge is -2.32. The van der Waals surface area contributed by atoms with Crippen LogP contribution in [0, 0.1) is 23.7 Å². The Kier molecular flexibility index (Phi) is 5.80. The van der Waals surface area contributed by atoms with Crippen molar-refractivity contribution in [3.63, 3.8) is 0 Å². The molecule has 1 aliphatic heterocycles. The minimum atomic E-state index is -0.776. The normalized spacial score (nSPS) is 23.5. The Labute approximate surface area is 199 Å². The molecule has 2 aliphatic carbocycles. The van der Waals surface area contributed by atoms with Crippen LogP contribution in [0.25, 0.3) is 11.1 Å². The Bertz CT molecular complexity index is 1080. The van der Waals surface area contributed by atoms with E-state index >= 15 is 0 Å².